The minimum absolute atomic E-state index is 0.0489. The quantitative estimate of drug-likeness (QED) is 0.326. The van der Waals surface area contributed by atoms with Crippen molar-refractivity contribution in [3.8, 4) is 0 Å². The van der Waals surface area contributed by atoms with Crippen molar-refractivity contribution >= 4 is 50.7 Å². The second kappa shape index (κ2) is 12.9. The number of hydrogen-bond acceptors (Lipinski definition) is 4. The SMILES string of the molecule is Cc1ccc(N(CC(=O)N(Cc2c(Cl)cccc2Cl)[C@@H](C)C(=O)NC(C)C)S(=O)(=O)c2ccc(C)cc2)cc1. The van der Waals surface area contributed by atoms with Gasteiger partial charge in [-0.25, -0.2) is 8.42 Å². The molecule has 0 aliphatic heterocycles. The molecule has 0 aliphatic carbocycles. The fourth-order valence-electron chi connectivity index (χ4n) is 3.92. The summed E-state index contributed by atoms with van der Waals surface area (Å²) in [4.78, 5) is 28.3. The van der Waals surface area contributed by atoms with Gasteiger partial charge in [0, 0.05) is 28.2 Å². The zero-order valence-electron chi connectivity index (χ0n) is 22.6. The van der Waals surface area contributed by atoms with Crippen molar-refractivity contribution in [2.24, 2.45) is 0 Å². The van der Waals surface area contributed by atoms with Gasteiger partial charge in [-0.05, 0) is 71.0 Å². The molecule has 0 saturated heterocycles. The molecule has 208 valence electrons. The molecule has 7 nitrogen and oxygen atoms in total. The Morgan fingerprint density at radius 2 is 1.36 bits per heavy atom. The molecule has 0 unspecified atom stereocenters. The molecule has 0 heterocycles. The van der Waals surface area contributed by atoms with Crippen LogP contribution in [0.25, 0.3) is 0 Å². The van der Waals surface area contributed by atoms with Gasteiger partial charge < -0.3 is 10.2 Å². The number of anilines is 1. The monoisotopic (exact) mass is 589 g/mol. The number of carbonyl (C=O) groups excluding carboxylic acids is 2. The van der Waals surface area contributed by atoms with Crippen LogP contribution in [0.1, 0.15) is 37.5 Å². The van der Waals surface area contributed by atoms with E-state index in [9.17, 15) is 18.0 Å². The molecule has 0 spiro atoms. The van der Waals surface area contributed by atoms with Gasteiger partial charge in [0.1, 0.15) is 12.6 Å². The van der Waals surface area contributed by atoms with Crippen molar-refractivity contribution in [2.75, 3.05) is 10.8 Å². The Morgan fingerprint density at radius 1 is 0.846 bits per heavy atom. The van der Waals surface area contributed by atoms with Crippen molar-refractivity contribution in [2.45, 2.75) is 58.1 Å². The van der Waals surface area contributed by atoms with Crippen molar-refractivity contribution in [3.63, 3.8) is 0 Å². The van der Waals surface area contributed by atoms with Crippen LogP contribution in [-0.4, -0.2) is 43.8 Å². The van der Waals surface area contributed by atoms with Gasteiger partial charge in [0.25, 0.3) is 10.0 Å². The van der Waals surface area contributed by atoms with E-state index in [-0.39, 0.29) is 23.4 Å². The number of carbonyl (C=O) groups is 2. The first kappa shape index (κ1) is 30.5. The average molecular weight is 591 g/mol. The third kappa shape index (κ3) is 7.53. The molecule has 3 aromatic rings. The van der Waals surface area contributed by atoms with E-state index in [0.717, 1.165) is 15.4 Å². The molecule has 0 fully saturated rings. The summed E-state index contributed by atoms with van der Waals surface area (Å²) in [5.74, 6) is -0.974. The zero-order valence-corrected chi connectivity index (χ0v) is 24.9. The predicted molar refractivity (Wildman–Crippen MR) is 157 cm³/mol. The van der Waals surface area contributed by atoms with Crippen LogP contribution < -0.4 is 9.62 Å². The minimum atomic E-state index is -4.13. The third-order valence-corrected chi connectivity index (χ3v) is 8.69. The molecule has 0 radical (unpaired) electrons. The first-order valence-corrected chi connectivity index (χ1v) is 14.7. The van der Waals surface area contributed by atoms with E-state index in [4.69, 9.17) is 23.2 Å². The molecule has 0 saturated carbocycles. The molecule has 10 heteroatoms. The van der Waals surface area contributed by atoms with Crippen molar-refractivity contribution < 1.29 is 18.0 Å². The Hall–Kier alpha value is -3.07. The number of nitrogens with one attached hydrogen (secondary N) is 1. The molecule has 0 aromatic heterocycles. The van der Waals surface area contributed by atoms with Gasteiger partial charge in [0.2, 0.25) is 11.8 Å². The number of nitrogens with zero attached hydrogens (tertiary/aromatic N) is 2. The maximum Gasteiger partial charge on any atom is 0.264 e. The highest BCUT2D eigenvalue weighted by molar-refractivity contribution is 7.92. The van der Waals surface area contributed by atoms with E-state index >= 15 is 0 Å². The molecule has 1 atom stereocenters. The Morgan fingerprint density at radius 3 is 1.87 bits per heavy atom. The largest absolute Gasteiger partial charge is 0.352 e. The van der Waals surface area contributed by atoms with Crippen LogP contribution in [0.2, 0.25) is 10.0 Å². The molecule has 1 N–H and O–H groups in total. The van der Waals surface area contributed by atoms with Gasteiger partial charge >= 0.3 is 0 Å². The molecular formula is C29H33Cl2N3O4S. The Bertz CT molecular complexity index is 1410. The summed E-state index contributed by atoms with van der Waals surface area (Å²) >= 11 is 12.8. The lowest BCUT2D eigenvalue weighted by Crippen LogP contribution is -2.52. The van der Waals surface area contributed by atoms with E-state index in [2.05, 4.69) is 5.32 Å². The summed E-state index contributed by atoms with van der Waals surface area (Å²) in [6.07, 6.45) is 0. The lowest BCUT2D eigenvalue weighted by Gasteiger charge is -2.32. The van der Waals surface area contributed by atoms with Crippen molar-refractivity contribution in [1.82, 2.24) is 10.2 Å². The summed E-state index contributed by atoms with van der Waals surface area (Å²) in [6, 6.07) is 17.1. The van der Waals surface area contributed by atoms with E-state index < -0.39 is 28.5 Å². The highest BCUT2D eigenvalue weighted by Crippen LogP contribution is 2.28. The van der Waals surface area contributed by atoms with Gasteiger partial charge in [-0.3, -0.25) is 13.9 Å². The zero-order chi connectivity index (χ0) is 28.9. The Labute approximate surface area is 240 Å². The molecule has 0 aliphatic rings. The standard InChI is InChI=1S/C29H33Cl2N3O4S/c1-19(2)32-29(36)22(5)33(17-25-26(30)7-6-8-27(25)31)28(35)18-34(23-13-9-20(3)10-14-23)39(37,38)24-15-11-21(4)12-16-24/h6-16,19,22H,17-18H2,1-5H3,(H,32,36)/t22-/m0/s1. The summed E-state index contributed by atoms with van der Waals surface area (Å²) in [7, 11) is -4.13. The number of benzene rings is 3. The van der Waals surface area contributed by atoms with Crippen LogP contribution in [0.5, 0.6) is 0 Å². The van der Waals surface area contributed by atoms with Gasteiger partial charge in [-0.15, -0.1) is 0 Å². The number of hydrogen-bond donors (Lipinski definition) is 1. The fraction of sp³-hybridized carbons (Fsp3) is 0.310. The molecule has 0 bridgehead atoms. The highest BCUT2D eigenvalue weighted by Gasteiger charge is 2.33. The van der Waals surface area contributed by atoms with Gasteiger partial charge in [-0.1, -0.05) is 64.7 Å². The van der Waals surface area contributed by atoms with Crippen LogP contribution in [-0.2, 0) is 26.2 Å². The first-order chi connectivity index (χ1) is 18.3. The summed E-state index contributed by atoms with van der Waals surface area (Å²) in [5, 5.41) is 3.48. The molecule has 39 heavy (non-hydrogen) atoms. The fourth-order valence-corrected chi connectivity index (χ4v) is 5.85. The summed E-state index contributed by atoms with van der Waals surface area (Å²) in [5.41, 5.74) is 2.62. The molecule has 2 amide bonds. The van der Waals surface area contributed by atoms with Crippen molar-refractivity contribution in [1.29, 1.82) is 0 Å². The van der Waals surface area contributed by atoms with Gasteiger partial charge in [0.05, 0.1) is 10.6 Å². The number of rotatable bonds is 10. The maximum absolute atomic E-state index is 13.9. The van der Waals surface area contributed by atoms with Crippen LogP contribution in [0.4, 0.5) is 5.69 Å². The van der Waals surface area contributed by atoms with Crippen LogP contribution in [0.15, 0.2) is 71.6 Å². The smallest absolute Gasteiger partial charge is 0.264 e. The second-order valence-corrected chi connectivity index (χ2v) is 12.4. The lowest BCUT2D eigenvalue weighted by molar-refractivity contribution is -0.139. The van der Waals surface area contributed by atoms with Crippen LogP contribution in [0, 0.1) is 13.8 Å². The topological polar surface area (TPSA) is 86.8 Å². The average Bonchev–Trinajstić information content (AvgIpc) is 2.87. The number of halogens is 2. The second-order valence-electron chi connectivity index (χ2n) is 9.72. The van der Waals surface area contributed by atoms with E-state index in [1.165, 1.54) is 17.0 Å². The number of sulfonamides is 1. The van der Waals surface area contributed by atoms with Gasteiger partial charge in [-0.2, -0.15) is 0 Å². The molecule has 3 rings (SSSR count). The van der Waals surface area contributed by atoms with Crippen LogP contribution in [0.3, 0.4) is 0 Å². The predicted octanol–water partition coefficient (Wildman–Crippen LogP) is 5.75. The first-order valence-electron chi connectivity index (χ1n) is 12.5. The summed E-state index contributed by atoms with van der Waals surface area (Å²) in [6.45, 7) is 8.34. The van der Waals surface area contributed by atoms with Crippen LogP contribution >= 0.6 is 23.2 Å². The summed E-state index contributed by atoms with van der Waals surface area (Å²) < 4.78 is 28.7. The maximum atomic E-state index is 13.9. The third-order valence-electron chi connectivity index (χ3n) is 6.20. The van der Waals surface area contributed by atoms with E-state index in [1.54, 1.807) is 61.5 Å². The highest BCUT2D eigenvalue weighted by atomic mass is 35.5. The lowest BCUT2D eigenvalue weighted by atomic mass is 10.1. The van der Waals surface area contributed by atoms with E-state index in [0.29, 0.717) is 21.3 Å². The Kier molecular flexibility index (Phi) is 10.0. The number of aryl methyl sites for hydroxylation is 2. The molecular weight excluding hydrogens is 557 g/mol. The number of amides is 2. The van der Waals surface area contributed by atoms with Gasteiger partial charge in [0.15, 0.2) is 0 Å². The van der Waals surface area contributed by atoms with Crippen molar-refractivity contribution in [3.05, 3.63) is 93.5 Å². The normalized spacial score (nSPS) is 12.2. The minimum Gasteiger partial charge on any atom is -0.352 e. The van der Waals surface area contributed by atoms with E-state index in [1.807, 2.05) is 27.7 Å². The Balaban J connectivity index is 2.06. The molecule has 3 aromatic carbocycles.